The smallest absolute Gasteiger partial charge is 0.123 e. The van der Waals surface area contributed by atoms with E-state index in [1.54, 1.807) is 13.2 Å². The second-order valence-electron chi connectivity index (χ2n) is 2.40. The molecule has 0 unspecified atom stereocenters. The summed E-state index contributed by atoms with van der Waals surface area (Å²) in [5.74, 6) is 0.832. The molecule has 0 saturated heterocycles. The summed E-state index contributed by atoms with van der Waals surface area (Å²) >= 11 is 0. The van der Waals surface area contributed by atoms with Gasteiger partial charge < -0.3 is 9.53 Å². The predicted molar refractivity (Wildman–Crippen MR) is 49.8 cm³/mol. The molecule has 68 valence electrons. The van der Waals surface area contributed by atoms with Gasteiger partial charge in [-0.25, -0.2) is 0 Å². The van der Waals surface area contributed by atoms with Gasteiger partial charge in [0.1, 0.15) is 12.0 Å². The maximum atomic E-state index is 9.98. The molecule has 0 aromatic carbocycles. The number of rotatable bonds is 6. The summed E-state index contributed by atoms with van der Waals surface area (Å²) in [5.41, 5.74) is 0. The van der Waals surface area contributed by atoms with Crippen LogP contribution in [0.5, 0.6) is 0 Å². The van der Waals surface area contributed by atoms with Crippen LogP contribution >= 0.6 is 0 Å². The summed E-state index contributed by atoms with van der Waals surface area (Å²) in [7, 11) is 1.63. The molecule has 0 saturated carbocycles. The van der Waals surface area contributed by atoms with Gasteiger partial charge in [-0.3, -0.25) is 0 Å². The molecule has 0 aliphatic carbocycles. The molecular formula is C10H16O2. The molecule has 0 radical (unpaired) electrons. The Bertz CT molecular complexity index is 169. The highest BCUT2D eigenvalue weighted by molar-refractivity contribution is 5.52. The number of ether oxygens (including phenoxy) is 1. The van der Waals surface area contributed by atoms with E-state index in [0.29, 0.717) is 6.42 Å². The van der Waals surface area contributed by atoms with Gasteiger partial charge in [-0.1, -0.05) is 19.4 Å². The third kappa shape index (κ3) is 5.71. The monoisotopic (exact) mass is 168 g/mol. The van der Waals surface area contributed by atoms with Gasteiger partial charge in [-0.2, -0.15) is 0 Å². The quantitative estimate of drug-likeness (QED) is 0.346. The molecule has 12 heavy (non-hydrogen) atoms. The van der Waals surface area contributed by atoms with E-state index in [1.807, 2.05) is 12.2 Å². The highest BCUT2D eigenvalue weighted by Crippen LogP contribution is 2.01. The first kappa shape index (κ1) is 11.0. The van der Waals surface area contributed by atoms with Crippen molar-refractivity contribution < 1.29 is 9.53 Å². The summed E-state index contributed by atoms with van der Waals surface area (Å²) in [6.07, 6.45) is 9.06. The average Bonchev–Trinajstić information content (AvgIpc) is 2.11. The van der Waals surface area contributed by atoms with Crippen LogP contribution in [-0.2, 0) is 9.53 Å². The fraction of sp³-hybridized carbons (Fsp3) is 0.500. The van der Waals surface area contributed by atoms with Crippen LogP contribution in [-0.4, -0.2) is 13.4 Å². The Hall–Kier alpha value is -1.05. The Kier molecular flexibility index (Phi) is 7.35. The van der Waals surface area contributed by atoms with E-state index >= 15 is 0 Å². The van der Waals surface area contributed by atoms with Crippen molar-refractivity contribution in [1.82, 2.24) is 0 Å². The van der Waals surface area contributed by atoms with Crippen molar-refractivity contribution in [2.24, 2.45) is 0 Å². The third-order valence-electron chi connectivity index (χ3n) is 1.38. The lowest BCUT2D eigenvalue weighted by molar-refractivity contribution is -0.107. The molecule has 0 amide bonds. The Balaban J connectivity index is 3.88. The van der Waals surface area contributed by atoms with Crippen LogP contribution in [0.15, 0.2) is 24.0 Å². The molecule has 0 N–H and O–H groups in total. The van der Waals surface area contributed by atoms with Gasteiger partial charge in [0.2, 0.25) is 0 Å². The van der Waals surface area contributed by atoms with E-state index in [9.17, 15) is 4.79 Å². The van der Waals surface area contributed by atoms with Crippen molar-refractivity contribution in [2.75, 3.05) is 7.11 Å². The van der Waals surface area contributed by atoms with E-state index < -0.39 is 0 Å². The largest absolute Gasteiger partial charge is 0.497 e. The van der Waals surface area contributed by atoms with Crippen molar-refractivity contribution in [3.63, 3.8) is 0 Å². The fourth-order valence-corrected chi connectivity index (χ4v) is 0.746. The minimum absolute atomic E-state index is 0.451. The zero-order chi connectivity index (χ0) is 9.23. The first-order valence-electron chi connectivity index (χ1n) is 4.19. The minimum Gasteiger partial charge on any atom is -0.497 e. The lowest BCUT2D eigenvalue weighted by Gasteiger charge is -1.98. The molecular weight excluding hydrogens is 152 g/mol. The van der Waals surface area contributed by atoms with Crippen LogP contribution in [0.3, 0.4) is 0 Å². The molecule has 0 aromatic heterocycles. The van der Waals surface area contributed by atoms with Gasteiger partial charge >= 0.3 is 0 Å². The third-order valence-corrected chi connectivity index (χ3v) is 1.38. The number of allylic oxidation sites excluding steroid dienone is 3. The van der Waals surface area contributed by atoms with E-state index in [0.717, 1.165) is 24.9 Å². The van der Waals surface area contributed by atoms with E-state index in [1.165, 1.54) is 0 Å². The molecule has 2 nitrogen and oxygen atoms in total. The molecule has 0 bridgehead atoms. The molecule has 0 aliphatic heterocycles. The van der Waals surface area contributed by atoms with Gasteiger partial charge in [0.25, 0.3) is 0 Å². The normalized spacial score (nSPS) is 12.0. The number of carbonyl (C=O) groups excluding carboxylic acids is 1. The second kappa shape index (κ2) is 8.05. The Morgan fingerprint density at radius 2 is 2.25 bits per heavy atom. The van der Waals surface area contributed by atoms with E-state index in [-0.39, 0.29) is 0 Å². The molecule has 0 fully saturated rings. The van der Waals surface area contributed by atoms with Crippen molar-refractivity contribution in [1.29, 1.82) is 0 Å². The topological polar surface area (TPSA) is 26.3 Å². The molecule has 0 spiro atoms. The number of unbranched alkanes of at least 4 members (excludes halogenated alkanes) is 1. The standard InChI is InChI=1S/C10H16O2/c1-3-4-7-10(12-2)8-5-6-9-11/h5,7-9H,3-4,6H2,1-2H3. The highest BCUT2D eigenvalue weighted by atomic mass is 16.5. The van der Waals surface area contributed by atoms with Crippen molar-refractivity contribution in [3.05, 3.63) is 24.0 Å². The summed E-state index contributed by atoms with van der Waals surface area (Å²) < 4.78 is 5.06. The first-order chi connectivity index (χ1) is 5.85. The van der Waals surface area contributed by atoms with Crippen LogP contribution in [0, 0.1) is 0 Å². The van der Waals surface area contributed by atoms with Crippen LogP contribution in [0.1, 0.15) is 26.2 Å². The number of methoxy groups -OCH3 is 1. The Labute approximate surface area is 73.9 Å². The molecule has 0 rings (SSSR count). The maximum Gasteiger partial charge on any atom is 0.123 e. The lowest BCUT2D eigenvalue weighted by Crippen LogP contribution is -1.81. The van der Waals surface area contributed by atoms with Gasteiger partial charge in [0.15, 0.2) is 0 Å². The minimum atomic E-state index is 0.451. The van der Waals surface area contributed by atoms with Gasteiger partial charge in [-0.15, -0.1) is 0 Å². The molecule has 0 aromatic rings. The summed E-state index contributed by atoms with van der Waals surface area (Å²) in [5, 5.41) is 0. The molecule has 0 aliphatic rings. The maximum absolute atomic E-state index is 9.98. The van der Waals surface area contributed by atoms with Crippen LogP contribution in [0.25, 0.3) is 0 Å². The number of carbonyl (C=O) groups is 1. The average molecular weight is 168 g/mol. The molecule has 0 atom stereocenters. The van der Waals surface area contributed by atoms with Crippen molar-refractivity contribution in [2.45, 2.75) is 26.2 Å². The summed E-state index contributed by atoms with van der Waals surface area (Å²) in [6, 6.07) is 0. The summed E-state index contributed by atoms with van der Waals surface area (Å²) in [4.78, 5) is 9.98. The number of aldehydes is 1. The highest BCUT2D eigenvalue weighted by Gasteiger charge is 1.86. The zero-order valence-corrected chi connectivity index (χ0v) is 7.75. The van der Waals surface area contributed by atoms with E-state index in [4.69, 9.17) is 4.74 Å². The molecule has 2 heteroatoms. The number of hydrogen-bond donors (Lipinski definition) is 0. The van der Waals surface area contributed by atoms with Crippen molar-refractivity contribution in [3.8, 4) is 0 Å². The Morgan fingerprint density at radius 3 is 2.75 bits per heavy atom. The Morgan fingerprint density at radius 1 is 1.50 bits per heavy atom. The fourth-order valence-electron chi connectivity index (χ4n) is 0.746. The van der Waals surface area contributed by atoms with E-state index in [2.05, 4.69) is 6.92 Å². The number of hydrogen-bond acceptors (Lipinski definition) is 2. The lowest BCUT2D eigenvalue weighted by atomic mass is 10.3. The predicted octanol–water partition coefficient (Wildman–Crippen LogP) is 2.46. The van der Waals surface area contributed by atoms with Crippen LogP contribution < -0.4 is 0 Å². The van der Waals surface area contributed by atoms with Gasteiger partial charge in [-0.05, 0) is 18.6 Å². The first-order valence-corrected chi connectivity index (χ1v) is 4.19. The summed E-state index contributed by atoms with van der Waals surface area (Å²) in [6.45, 7) is 2.11. The zero-order valence-electron chi connectivity index (χ0n) is 7.75. The van der Waals surface area contributed by atoms with Gasteiger partial charge in [0.05, 0.1) is 7.11 Å². The molecule has 0 heterocycles. The van der Waals surface area contributed by atoms with Crippen LogP contribution in [0.2, 0.25) is 0 Å². The SMILES string of the molecule is CCCC=C(C=CCC=O)OC. The van der Waals surface area contributed by atoms with Gasteiger partial charge in [0, 0.05) is 6.42 Å². The van der Waals surface area contributed by atoms with Crippen LogP contribution in [0.4, 0.5) is 0 Å². The van der Waals surface area contributed by atoms with Crippen molar-refractivity contribution >= 4 is 6.29 Å². The second-order valence-corrected chi connectivity index (χ2v) is 2.40.